The van der Waals surface area contributed by atoms with Gasteiger partial charge in [-0.05, 0) is 46.1 Å². The molecule has 102 valence electrons. The third-order valence-corrected chi connectivity index (χ3v) is 3.63. The molecule has 0 atom stereocenters. The maximum Gasteiger partial charge on any atom is 0.357 e. The molecule has 0 amide bonds. The van der Waals surface area contributed by atoms with E-state index < -0.39 is 5.97 Å². The molecule has 1 aromatic carbocycles. The average Bonchev–Trinajstić information content (AvgIpc) is 2.76. The molecule has 0 fully saturated rings. The summed E-state index contributed by atoms with van der Waals surface area (Å²) < 4.78 is 2.09. The Hall–Kier alpha value is -2.13. The molecule has 2 rings (SSSR count). The van der Waals surface area contributed by atoms with Gasteiger partial charge in [0.15, 0.2) is 5.69 Å². The van der Waals surface area contributed by atoms with Gasteiger partial charge in [0.05, 0.1) is 27.5 Å². The lowest BCUT2D eigenvalue weighted by molar-refractivity contribution is 0.0689. The van der Waals surface area contributed by atoms with Gasteiger partial charge in [0.2, 0.25) is 0 Å². The molecule has 1 heterocycles. The highest BCUT2D eigenvalue weighted by Gasteiger charge is 2.23. The maximum atomic E-state index is 11.2. The van der Waals surface area contributed by atoms with E-state index in [2.05, 4.69) is 21.0 Å². The Balaban J connectivity index is 2.63. The summed E-state index contributed by atoms with van der Waals surface area (Å²) >= 11 is 3.31. The van der Waals surface area contributed by atoms with Crippen LogP contribution in [-0.4, -0.2) is 20.9 Å². The molecular formula is C14H12BrN3O2. The van der Waals surface area contributed by atoms with Crippen LogP contribution >= 0.6 is 15.9 Å². The van der Waals surface area contributed by atoms with E-state index in [4.69, 9.17) is 10.4 Å². The Morgan fingerprint density at radius 2 is 2.00 bits per heavy atom. The van der Waals surface area contributed by atoms with Crippen molar-refractivity contribution in [3.63, 3.8) is 0 Å². The van der Waals surface area contributed by atoms with E-state index in [1.54, 1.807) is 28.9 Å². The Morgan fingerprint density at radius 1 is 1.40 bits per heavy atom. The molecule has 0 bridgehead atoms. The second-order valence-electron chi connectivity index (χ2n) is 4.58. The highest BCUT2D eigenvalue weighted by Crippen LogP contribution is 2.30. The van der Waals surface area contributed by atoms with Crippen molar-refractivity contribution in [2.75, 3.05) is 0 Å². The van der Waals surface area contributed by atoms with Crippen LogP contribution in [0.3, 0.4) is 0 Å². The van der Waals surface area contributed by atoms with E-state index in [0.717, 1.165) is 11.4 Å². The fraction of sp³-hybridized carbons (Fsp3) is 0.214. The molecule has 5 nitrogen and oxygen atoms in total. The van der Waals surface area contributed by atoms with Gasteiger partial charge in [-0.25, -0.2) is 9.48 Å². The molecule has 0 saturated heterocycles. The Morgan fingerprint density at radius 3 is 2.45 bits per heavy atom. The number of aromatic carboxylic acids is 1. The monoisotopic (exact) mass is 333 g/mol. The predicted octanol–water partition coefficient (Wildman–Crippen LogP) is 3.33. The smallest absolute Gasteiger partial charge is 0.357 e. The zero-order chi connectivity index (χ0) is 14.9. The van der Waals surface area contributed by atoms with E-state index in [-0.39, 0.29) is 11.6 Å². The molecule has 0 saturated carbocycles. The SMILES string of the molecule is CC(C)c1c(Br)c(C(=O)O)nn1-c1ccc(C#N)cc1. The highest BCUT2D eigenvalue weighted by molar-refractivity contribution is 9.10. The van der Waals surface area contributed by atoms with Crippen molar-refractivity contribution in [1.29, 1.82) is 5.26 Å². The molecule has 0 spiro atoms. The number of rotatable bonds is 3. The molecule has 1 aromatic heterocycles. The first-order chi connectivity index (χ1) is 9.45. The van der Waals surface area contributed by atoms with Gasteiger partial charge in [-0.2, -0.15) is 10.4 Å². The van der Waals surface area contributed by atoms with Gasteiger partial charge in [-0.1, -0.05) is 13.8 Å². The van der Waals surface area contributed by atoms with Crippen LogP contribution in [0.5, 0.6) is 0 Å². The lowest BCUT2D eigenvalue weighted by Gasteiger charge is -2.10. The lowest BCUT2D eigenvalue weighted by Crippen LogP contribution is -2.04. The van der Waals surface area contributed by atoms with Gasteiger partial charge in [0.25, 0.3) is 0 Å². The van der Waals surface area contributed by atoms with Crippen LogP contribution in [0.4, 0.5) is 0 Å². The number of nitriles is 1. The number of aromatic nitrogens is 2. The summed E-state index contributed by atoms with van der Waals surface area (Å²) in [6.07, 6.45) is 0. The van der Waals surface area contributed by atoms with Crippen LogP contribution in [0.2, 0.25) is 0 Å². The molecule has 2 aromatic rings. The predicted molar refractivity (Wildman–Crippen MR) is 77.0 cm³/mol. The Bertz CT molecular complexity index is 696. The lowest BCUT2D eigenvalue weighted by atomic mass is 10.1. The van der Waals surface area contributed by atoms with Gasteiger partial charge in [0, 0.05) is 0 Å². The van der Waals surface area contributed by atoms with Gasteiger partial charge in [0.1, 0.15) is 0 Å². The normalized spacial score (nSPS) is 10.6. The number of carbonyl (C=O) groups is 1. The number of carboxylic acid groups (broad SMARTS) is 1. The quantitative estimate of drug-likeness (QED) is 0.934. The average molecular weight is 334 g/mol. The number of hydrogen-bond acceptors (Lipinski definition) is 3. The fourth-order valence-corrected chi connectivity index (χ4v) is 2.80. The number of nitrogens with zero attached hydrogens (tertiary/aromatic N) is 3. The topological polar surface area (TPSA) is 78.9 Å². The first-order valence-electron chi connectivity index (χ1n) is 5.98. The van der Waals surface area contributed by atoms with Crippen molar-refractivity contribution in [1.82, 2.24) is 9.78 Å². The van der Waals surface area contributed by atoms with E-state index in [9.17, 15) is 4.79 Å². The number of halogens is 1. The number of hydrogen-bond donors (Lipinski definition) is 1. The molecule has 0 radical (unpaired) electrons. The number of carboxylic acids is 1. The third kappa shape index (κ3) is 2.45. The molecule has 20 heavy (non-hydrogen) atoms. The van der Waals surface area contributed by atoms with E-state index in [1.165, 1.54) is 0 Å². The van der Waals surface area contributed by atoms with Crippen LogP contribution in [-0.2, 0) is 0 Å². The largest absolute Gasteiger partial charge is 0.476 e. The molecule has 0 aliphatic carbocycles. The highest BCUT2D eigenvalue weighted by atomic mass is 79.9. The minimum atomic E-state index is -1.08. The molecule has 0 aliphatic rings. The molecule has 1 N–H and O–H groups in total. The number of benzene rings is 1. The van der Waals surface area contributed by atoms with E-state index >= 15 is 0 Å². The second kappa shape index (κ2) is 5.47. The van der Waals surface area contributed by atoms with Crippen LogP contribution in [0, 0.1) is 11.3 Å². The summed E-state index contributed by atoms with van der Waals surface area (Å²) in [6.45, 7) is 3.93. The summed E-state index contributed by atoms with van der Waals surface area (Å²) in [5.74, 6) is -0.980. The minimum Gasteiger partial charge on any atom is -0.476 e. The van der Waals surface area contributed by atoms with Crippen molar-refractivity contribution in [2.45, 2.75) is 19.8 Å². The summed E-state index contributed by atoms with van der Waals surface area (Å²) in [5, 5.41) is 22.1. The van der Waals surface area contributed by atoms with Crippen LogP contribution in [0.15, 0.2) is 28.7 Å². The molecule has 0 unspecified atom stereocenters. The van der Waals surface area contributed by atoms with Crippen molar-refractivity contribution >= 4 is 21.9 Å². The van der Waals surface area contributed by atoms with Gasteiger partial charge in [-0.3, -0.25) is 0 Å². The summed E-state index contributed by atoms with van der Waals surface area (Å²) in [5.41, 5.74) is 2.04. The van der Waals surface area contributed by atoms with Crippen molar-refractivity contribution in [2.24, 2.45) is 0 Å². The van der Waals surface area contributed by atoms with Gasteiger partial charge in [-0.15, -0.1) is 0 Å². The van der Waals surface area contributed by atoms with Crippen molar-refractivity contribution < 1.29 is 9.90 Å². The molecular weight excluding hydrogens is 322 g/mol. The van der Waals surface area contributed by atoms with Crippen LogP contribution in [0.1, 0.15) is 41.5 Å². The van der Waals surface area contributed by atoms with Gasteiger partial charge >= 0.3 is 5.97 Å². The zero-order valence-corrected chi connectivity index (χ0v) is 12.5. The third-order valence-electron chi connectivity index (χ3n) is 2.85. The van der Waals surface area contributed by atoms with Crippen molar-refractivity contribution in [3.05, 3.63) is 45.7 Å². The minimum absolute atomic E-state index is 0.0157. The summed E-state index contributed by atoms with van der Waals surface area (Å²) in [4.78, 5) is 11.2. The Labute approximate surface area is 124 Å². The summed E-state index contributed by atoms with van der Waals surface area (Å²) in [7, 11) is 0. The maximum absolute atomic E-state index is 11.2. The Kier molecular flexibility index (Phi) is 3.91. The molecule has 0 aliphatic heterocycles. The van der Waals surface area contributed by atoms with Crippen LogP contribution in [0.25, 0.3) is 5.69 Å². The zero-order valence-electron chi connectivity index (χ0n) is 11.0. The van der Waals surface area contributed by atoms with Gasteiger partial charge < -0.3 is 5.11 Å². The van der Waals surface area contributed by atoms with Crippen molar-refractivity contribution in [3.8, 4) is 11.8 Å². The second-order valence-corrected chi connectivity index (χ2v) is 5.37. The van der Waals surface area contributed by atoms with E-state index in [1.807, 2.05) is 19.9 Å². The standard InChI is InChI=1S/C14H12BrN3O2/c1-8(2)13-11(15)12(14(19)20)17-18(13)10-5-3-9(7-16)4-6-10/h3-6,8H,1-2H3,(H,19,20). The first-order valence-corrected chi connectivity index (χ1v) is 6.77. The van der Waals surface area contributed by atoms with E-state index in [0.29, 0.717) is 10.0 Å². The fourth-order valence-electron chi connectivity index (χ4n) is 1.92. The molecule has 6 heteroatoms. The van der Waals surface area contributed by atoms with Crippen LogP contribution < -0.4 is 0 Å². The summed E-state index contributed by atoms with van der Waals surface area (Å²) in [6, 6.07) is 8.89. The first kappa shape index (κ1) is 14.3.